The van der Waals surface area contributed by atoms with Gasteiger partial charge in [-0.1, -0.05) is 17.8 Å². The Kier molecular flexibility index (Phi) is 7.45. The molecule has 2 heterocycles. The quantitative estimate of drug-likeness (QED) is 0.471. The molecule has 0 bridgehead atoms. The summed E-state index contributed by atoms with van der Waals surface area (Å²) in [5, 5.41) is 2.76. The fraction of sp³-hybridized carbons (Fsp3) is 0.269. The summed E-state index contributed by atoms with van der Waals surface area (Å²) in [6, 6.07) is 14.6. The Bertz CT molecular complexity index is 1260. The number of rotatable bonds is 8. The van der Waals surface area contributed by atoms with Crippen molar-refractivity contribution in [1.29, 1.82) is 0 Å². The molecule has 1 atom stereocenters. The summed E-state index contributed by atoms with van der Waals surface area (Å²) in [5.41, 5.74) is 3.54. The minimum absolute atomic E-state index is 0.0146. The van der Waals surface area contributed by atoms with Crippen molar-refractivity contribution < 1.29 is 23.5 Å². The summed E-state index contributed by atoms with van der Waals surface area (Å²) < 4.78 is 16.0. The van der Waals surface area contributed by atoms with E-state index in [4.69, 9.17) is 18.9 Å². The van der Waals surface area contributed by atoms with Crippen molar-refractivity contribution >= 4 is 40.1 Å². The Morgan fingerprint density at radius 3 is 2.63 bits per heavy atom. The van der Waals surface area contributed by atoms with E-state index in [2.05, 4.69) is 5.32 Å². The topological polar surface area (TPSA) is 93.4 Å². The van der Waals surface area contributed by atoms with E-state index in [9.17, 15) is 9.59 Å². The largest absolute Gasteiger partial charge is 0.497 e. The average Bonchev–Trinajstić information content (AvgIpc) is 3.46. The number of ether oxygens (including phenoxy) is 2. The Morgan fingerprint density at radius 2 is 1.94 bits per heavy atom. The van der Waals surface area contributed by atoms with E-state index >= 15 is 0 Å². The van der Waals surface area contributed by atoms with E-state index in [1.165, 1.54) is 24.4 Å². The van der Waals surface area contributed by atoms with Gasteiger partial charge in [0.25, 0.3) is 0 Å². The third-order valence-electron chi connectivity index (χ3n) is 5.68. The van der Waals surface area contributed by atoms with Crippen molar-refractivity contribution in [3.8, 4) is 11.5 Å². The number of methoxy groups -OCH3 is 2. The molecule has 0 aliphatic carbocycles. The second-order valence-corrected chi connectivity index (χ2v) is 9.26. The van der Waals surface area contributed by atoms with Gasteiger partial charge in [-0.05, 0) is 61.4 Å². The second-order valence-electron chi connectivity index (χ2n) is 8.09. The van der Waals surface area contributed by atoms with Crippen LogP contribution in [-0.2, 0) is 16.1 Å². The summed E-state index contributed by atoms with van der Waals surface area (Å²) in [7, 11) is 3.07. The first-order valence-electron chi connectivity index (χ1n) is 11.1. The molecule has 2 amide bonds. The Hall–Kier alpha value is -3.72. The lowest BCUT2D eigenvalue weighted by Gasteiger charge is -2.15. The Balaban J connectivity index is 1.54. The molecule has 3 aromatic rings. The number of carbonyl (C=O) groups excluding carboxylic acids is 2. The lowest BCUT2D eigenvalue weighted by atomic mass is 10.1. The zero-order valence-electron chi connectivity index (χ0n) is 20.0. The number of furan rings is 1. The van der Waals surface area contributed by atoms with E-state index in [1.54, 1.807) is 42.5 Å². The van der Waals surface area contributed by atoms with Crippen LogP contribution < -0.4 is 14.8 Å². The number of anilines is 1. The molecule has 2 aromatic carbocycles. The standard InChI is InChI=1S/C26H27N3O5S/c1-16-7-8-18(12-17(16)2)27-26-29(15-20-6-5-11-34-20)25(31)23(35-26)14-24(30)28-21-10-9-19(32-3)13-22(21)33-4/h5-13,23H,14-15H2,1-4H3,(H,28,30). The zero-order chi connectivity index (χ0) is 24.9. The maximum atomic E-state index is 13.3. The third kappa shape index (κ3) is 5.68. The summed E-state index contributed by atoms with van der Waals surface area (Å²) in [4.78, 5) is 32.5. The van der Waals surface area contributed by atoms with Crippen molar-refractivity contribution in [2.24, 2.45) is 4.99 Å². The number of aryl methyl sites for hydroxylation is 2. The normalized spacial score (nSPS) is 16.6. The van der Waals surface area contributed by atoms with Crippen LogP contribution in [0.4, 0.5) is 11.4 Å². The molecule has 1 aliphatic rings. The second kappa shape index (κ2) is 10.7. The predicted molar refractivity (Wildman–Crippen MR) is 136 cm³/mol. The van der Waals surface area contributed by atoms with Gasteiger partial charge in [0.05, 0.1) is 38.4 Å². The molecule has 4 rings (SSSR count). The highest BCUT2D eigenvalue weighted by Crippen LogP contribution is 2.34. The van der Waals surface area contributed by atoms with Crippen LogP contribution in [0.1, 0.15) is 23.3 Å². The van der Waals surface area contributed by atoms with E-state index in [0.29, 0.717) is 28.1 Å². The summed E-state index contributed by atoms with van der Waals surface area (Å²) in [6.07, 6.45) is 1.55. The van der Waals surface area contributed by atoms with Crippen LogP contribution in [0, 0.1) is 13.8 Å². The van der Waals surface area contributed by atoms with Gasteiger partial charge in [0.15, 0.2) is 5.17 Å². The average molecular weight is 494 g/mol. The number of amides is 2. The monoisotopic (exact) mass is 493 g/mol. The molecule has 9 heteroatoms. The minimum atomic E-state index is -0.612. The lowest BCUT2D eigenvalue weighted by Crippen LogP contribution is -2.33. The molecule has 1 aliphatic heterocycles. The zero-order valence-corrected chi connectivity index (χ0v) is 20.8. The highest BCUT2D eigenvalue weighted by Gasteiger charge is 2.39. The fourth-order valence-corrected chi connectivity index (χ4v) is 4.76. The highest BCUT2D eigenvalue weighted by molar-refractivity contribution is 8.15. The van der Waals surface area contributed by atoms with E-state index < -0.39 is 5.25 Å². The number of hydrogen-bond acceptors (Lipinski definition) is 7. The maximum Gasteiger partial charge on any atom is 0.243 e. The van der Waals surface area contributed by atoms with Crippen molar-refractivity contribution in [3.05, 3.63) is 71.7 Å². The van der Waals surface area contributed by atoms with E-state index in [-0.39, 0.29) is 24.8 Å². The van der Waals surface area contributed by atoms with Gasteiger partial charge in [-0.25, -0.2) is 4.99 Å². The number of nitrogens with zero attached hydrogens (tertiary/aromatic N) is 2. The smallest absolute Gasteiger partial charge is 0.243 e. The van der Waals surface area contributed by atoms with Crippen molar-refractivity contribution in [2.75, 3.05) is 19.5 Å². The van der Waals surface area contributed by atoms with Gasteiger partial charge in [-0.2, -0.15) is 0 Å². The SMILES string of the molecule is COc1ccc(NC(=O)CC2SC(=Nc3ccc(C)c(C)c3)N(Cc3ccco3)C2=O)c(OC)c1. The maximum absolute atomic E-state index is 13.3. The first kappa shape index (κ1) is 24.4. The van der Waals surface area contributed by atoms with Gasteiger partial charge in [-0.3, -0.25) is 14.5 Å². The number of nitrogens with one attached hydrogen (secondary N) is 1. The summed E-state index contributed by atoms with van der Waals surface area (Å²) >= 11 is 1.28. The molecular formula is C26H27N3O5S. The van der Waals surface area contributed by atoms with Gasteiger partial charge >= 0.3 is 0 Å². The summed E-state index contributed by atoms with van der Waals surface area (Å²) in [5.74, 6) is 1.23. The highest BCUT2D eigenvalue weighted by atomic mass is 32.2. The van der Waals surface area contributed by atoms with Crippen molar-refractivity contribution in [1.82, 2.24) is 4.90 Å². The number of hydrogen-bond donors (Lipinski definition) is 1. The molecule has 35 heavy (non-hydrogen) atoms. The van der Waals surface area contributed by atoms with Gasteiger partial charge in [0.1, 0.15) is 22.5 Å². The molecule has 1 aromatic heterocycles. The van der Waals surface area contributed by atoms with Crippen LogP contribution in [0.5, 0.6) is 11.5 Å². The van der Waals surface area contributed by atoms with Crippen molar-refractivity contribution in [3.63, 3.8) is 0 Å². The number of amidine groups is 1. The first-order chi connectivity index (χ1) is 16.9. The minimum Gasteiger partial charge on any atom is -0.497 e. The van der Waals surface area contributed by atoms with Crippen LogP contribution in [0.3, 0.4) is 0 Å². The molecule has 8 nitrogen and oxygen atoms in total. The van der Waals surface area contributed by atoms with E-state index in [1.807, 2.05) is 38.1 Å². The molecule has 182 valence electrons. The Labute approximate surface area is 208 Å². The molecular weight excluding hydrogens is 466 g/mol. The number of thioether (sulfide) groups is 1. The summed E-state index contributed by atoms with van der Waals surface area (Å²) in [6.45, 7) is 4.30. The van der Waals surface area contributed by atoms with Crippen LogP contribution in [0.2, 0.25) is 0 Å². The van der Waals surface area contributed by atoms with Crippen LogP contribution in [0.15, 0.2) is 64.2 Å². The first-order valence-corrected chi connectivity index (χ1v) is 11.9. The van der Waals surface area contributed by atoms with Gasteiger partial charge in [0.2, 0.25) is 11.8 Å². The molecule has 1 fully saturated rings. The molecule has 1 saturated heterocycles. The molecule has 1 unspecified atom stereocenters. The molecule has 0 radical (unpaired) electrons. The predicted octanol–water partition coefficient (Wildman–Crippen LogP) is 5.07. The van der Waals surface area contributed by atoms with Crippen LogP contribution >= 0.6 is 11.8 Å². The van der Waals surface area contributed by atoms with Gasteiger partial charge < -0.3 is 19.2 Å². The fourth-order valence-electron chi connectivity index (χ4n) is 3.61. The van der Waals surface area contributed by atoms with Gasteiger partial charge in [-0.15, -0.1) is 0 Å². The lowest BCUT2D eigenvalue weighted by molar-refractivity contribution is -0.128. The molecule has 0 saturated carbocycles. The molecule has 0 spiro atoms. The Morgan fingerprint density at radius 1 is 1.11 bits per heavy atom. The van der Waals surface area contributed by atoms with E-state index in [0.717, 1.165) is 11.3 Å². The number of benzene rings is 2. The molecule has 1 N–H and O–H groups in total. The van der Waals surface area contributed by atoms with Crippen molar-refractivity contribution in [2.45, 2.75) is 32.1 Å². The third-order valence-corrected chi connectivity index (χ3v) is 6.86. The van der Waals surface area contributed by atoms with Crippen LogP contribution in [0.25, 0.3) is 0 Å². The number of carbonyl (C=O) groups is 2. The van der Waals surface area contributed by atoms with Crippen LogP contribution in [-0.4, -0.2) is 41.4 Å². The van der Waals surface area contributed by atoms with Gasteiger partial charge in [0, 0.05) is 12.5 Å². The number of aliphatic imine (C=N–C) groups is 1.